The molecule has 20 nitrogen and oxygen atoms in total. The second-order valence-corrected chi connectivity index (χ2v) is 17.3. The van der Waals surface area contributed by atoms with Crippen molar-refractivity contribution in [2.24, 2.45) is 0 Å². The first-order valence-electron chi connectivity index (χ1n) is 26.6. The van der Waals surface area contributed by atoms with Gasteiger partial charge in [-0.15, -0.1) is 0 Å². The van der Waals surface area contributed by atoms with Crippen LogP contribution in [0.25, 0.3) is 0 Å². The minimum Gasteiger partial charge on any atom is -0.418 e. The number of rotatable bonds is 46. The minimum absolute atomic E-state index is 0.0246. The van der Waals surface area contributed by atoms with E-state index in [0.29, 0.717) is 137 Å². The molecular formula is C56H74F5N3O17. The molecule has 1 heterocycles. The molecular weight excluding hydrogens is 1080 g/mol. The van der Waals surface area contributed by atoms with Crippen LogP contribution < -0.4 is 20.3 Å². The zero-order valence-corrected chi connectivity index (χ0v) is 45.7. The van der Waals surface area contributed by atoms with E-state index in [0.717, 1.165) is 11.1 Å². The molecule has 1 aliphatic heterocycles. The fourth-order valence-electron chi connectivity index (χ4n) is 7.12. The van der Waals surface area contributed by atoms with Gasteiger partial charge in [0.1, 0.15) is 6.04 Å². The van der Waals surface area contributed by atoms with Crippen molar-refractivity contribution in [3.8, 4) is 17.6 Å². The molecule has 1 atom stereocenters. The fraction of sp³-hybridized carbons (Fsp3) is 0.571. The van der Waals surface area contributed by atoms with Crippen molar-refractivity contribution in [2.45, 2.75) is 44.7 Å². The van der Waals surface area contributed by atoms with Crippen LogP contribution in [0.4, 0.5) is 27.6 Å². The minimum atomic E-state index is -2.47. The first-order valence-corrected chi connectivity index (χ1v) is 26.6. The van der Waals surface area contributed by atoms with Crippen LogP contribution in [0, 0.1) is 40.9 Å². The standard InChI is InChI=1S/C56H74F5N3O17/c1-69-18-19-71-22-23-73-26-27-75-30-31-77-34-35-79-38-39-80-37-36-78-33-32-76-29-28-74-25-24-72-21-20-70-17-16-47(65)62-40-45(56(68)81-55-53(60)51(58)50(57)52(59)54(55)61)63-48(66)12-6-7-13-49(67)64-41-44-10-3-2-8-42(44)14-15-43-9-4-5-11-46(43)64/h2-5,8-11,45H,6-7,12-13,16-41H2,1H3,(H,62,65)(H,63,66)/t45-/m0/s1. The molecule has 81 heavy (non-hydrogen) atoms. The van der Waals surface area contributed by atoms with Crippen molar-refractivity contribution in [2.75, 3.05) is 171 Å². The van der Waals surface area contributed by atoms with Gasteiger partial charge in [0, 0.05) is 44.0 Å². The Labute approximate surface area is 468 Å². The number of esters is 1. The molecule has 4 rings (SSSR count). The average molecular weight is 1160 g/mol. The predicted octanol–water partition coefficient (Wildman–Crippen LogP) is 4.61. The van der Waals surface area contributed by atoms with Crippen LogP contribution in [0.15, 0.2) is 48.5 Å². The van der Waals surface area contributed by atoms with Crippen molar-refractivity contribution >= 4 is 29.4 Å². The van der Waals surface area contributed by atoms with E-state index in [1.54, 1.807) is 24.1 Å². The average Bonchev–Trinajstić information content (AvgIpc) is 3.68. The maximum atomic E-state index is 14.4. The molecule has 3 amide bonds. The lowest BCUT2D eigenvalue weighted by molar-refractivity contribution is -0.140. The van der Waals surface area contributed by atoms with Gasteiger partial charge in [0.05, 0.1) is 164 Å². The number of anilines is 1. The van der Waals surface area contributed by atoms with Crippen molar-refractivity contribution < 1.29 is 103 Å². The summed E-state index contributed by atoms with van der Waals surface area (Å²) >= 11 is 0. The van der Waals surface area contributed by atoms with Gasteiger partial charge in [-0.3, -0.25) is 14.4 Å². The summed E-state index contributed by atoms with van der Waals surface area (Å²) in [5, 5.41) is 4.64. The van der Waals surface area contributed by atoms with Gasteiger partial charge < -0.3 is 77.1 Å². The van der Waals surface area contributed by atoms with Gasteiger partial charge in [-0.1, -0.05) is 42.2 Å². The van der Waals surface area contributed by atoms with Gasteiger partial charge in [-0.2, -0.15) is 8.78 Å². The molecule has 0 bridgehead atoms. The number of carbonyl (C=O) groups excluding carboxylic acids is 4. The normalized spacial score (nSPS) is 12.2. The number of hydrogen-bond donors (Lipinski definition) is 2. The third kappa shape index (κ3) is 27.7. The number of methoxy groups -OCH3 is 1. The van der Waals surface area contributed by atoms with E-state index in [1.807, 2.05) is 36.4 Å². The van der Waals surface area contributed by atoms with Crippen LogP contribution in [-0.2, 0) is 82.6 Å². The van der Waals surface area contributed by atoms with Crippen LogP contribution >= 0.6 is 0 Å². The van der Waals surface area contributed by atoms with E-state index < -0.39 is 65.2 Å². The number of ether oxygens (including phenoxy) is 13. The number of benzene rings is 3. The number of halogens is 5. The smallest absolute Gasteiger partial charge is 0.336 e. The molecule has 1 aliphatic rings. The number of hydrogen-bond acceptors (Lipinski definition) is 17. The zero-order chi connectivity index (χ0) is 58.1. The second kappa shape index (κ2) is 42.1. The Bertz CT molecular complexity index is 2350. The highest BCUT2D eigenvalue weighted by Gasteiger charge is 2.32. The summed E-state index contributed by atoms with van der Waals surface area (Å²) in [4.78, 5) is 54.1. The van der Waals surface area contributed by atoms with Gasteiger partial charge in [0.15, 0.2) is 0 Å². The van der Waals surface area contributed by atoms with Crippen molar-refractivity contribution in [1.29, 1.82) is 0 Å². The van der Waals surface area contributed by atoms with Crippen LogP contribution in [0.5, 0.6) is 5.75 Å². The summed E-state index contributed by atoms with van der Waals surface area (Å²) in [6.07, 6.45) is -0.112. The Morgan fingerprint density at radius 2 is 0.877 bits per heavy atom. The largest absolute Gasteiger partial charge is 0.418 e. The summed E-state index contributed by atoms with van der Waals surface area (Å²) in [5.41, 5.74) is 2.92. The van der Waals surface area contributed by atoms with E-state index in [1.165, 1.54) is 0 Å². The molecule has 3 aromatic carbocycles. The predicted molar refractivity (Wildman–Crippen MR) is 281 cm³/mol. The lowest BCUT2D eigenvalue weighted by Gasteiger charge is -2.26. The van der Waals surface area contributed by atoms with E-state index in [2.05, 4.69) is 27.2 Å². The highest BCUT2D eigenvalue weighted by atomic mass is 19.2. The Morgan fingerprint density at radius 1 is 0.481 bits per heavy atom. The molecule has 0 spiro atoms. The van der Waals surface area contributed by atoms with Crippen LogP contribution in [0.1, 0.15) is 48.8 Å². The number of nitrogens with one attached hydrogen (secondary N) is 2. The second-order valence-electron chi connectivity index (χ2n) is 17.3. The molecule has 0 radical (unpaired) electrons. The summed E-state index contributed by atoms with van der Waals surface area (Å²) < 4.78 is 140. The van der Waals surface area contributed by atoms with Crippen LogP contribution in [-0.4, -0.2) is 195 Å². The maximum absolute atomic E-state index is 14.4. The molecule has 0 aliphatic carbocycles. The van der Waals surface area contributed by atoms with Gasteiger partial charge in [-0.05, 0) is 36.6 Å². The number of unbranched alkanes of at least 4 members (excludes halogenated alkanes) is 1. The lowest BCUT2D eigenvalue weighted by atomic mass is 10.0. The number of carbonyl (C=O) groups is 4. The van der Waals surface area contributed by atoms with Crippen molar-refractivity contribution in [3.05, 3.63) is 94.3 Å². The highest BCUT2D eigenvalue weighted by Crippen LogP contribution is 2.30. The molecule has 450 valence electrons. The third-order valence-electron chi connectivity index (χ3n) is 11.3. The summed E-state index contributed by atoms with van der Waals surface area (Å²) in [6.45, 7) is 8.43. The van der Waals surface area contributed by atoms with E-state index in [4.69, 9.17) is 56.8 Å². The zero-order valence-electron chi connectivity index (χ0n) is 45.7. The van der Waals surface area contributed by atoms with Gasteiger partial charge in [-0.25, -0.2) is 18.0 Å². The molecule has 0 saturated carbocycles. The SMILES string of the molecule is COCCOCCOCCOCCOCCOCCOCCOCCOCCOCCOCCOCCC(=O)NC[C@H](NC(=O)CCCCC(=O)N1Cc2ccccc2C#Cc2ccccc21)C(=O)Oc1c(F)c(F)c(F)c(F)c1F. The molecule has 25 heteroatoms. The van der Waals surface area contributed by atoms with Crippen molar-refractivity contribution in [3.63, 3.8) is 0 Å². The number of amides is 3. The maximum Gasteiger partial charge on any atom is 0.336 e. The van der Waals surface area contributed by atoms with E-state index >= 15 is 0 Å². The summed E-state index contributed by atoms with van der Waals surface area (Å²) in [7, 11) is 1.62. The highest BCUT2D eigenvalue weighted by molar-refractivity contribution is 5.95. The Kier molecular flexibility index (Phi) is 35.3. The van der Waals surface area contributed by atoms with Crippen LogP contribution in [0.3, 0.4) is 0 Å². The molecule has 0 aromatic heterocycles. The number of para-hydroxylation sites is 1. The molecule has 0 fully saturated rings. The van der Waals surface area contributed by atoms with Crippen molar-refractivity contribution in [1.82, 2.24) is 10.6 Å². The van der Waals surface area contributed by atoms with Crippen LogP contribution in [0.2, 0.25) is 0 Å². The first-order chi connectivity index (χ1) is 39.5. The van der Waals surface area contributed by atoms with Gasteiger partial charge in [0.25, 0.3) is 0 Å². The first kappa shape index (κ1) is 67.8. The quantitative estimate of drug-likeness (QED) is 0.0150. The number of nitrogens with zero attached hydrogens (tertiary/aromatic N) is 1. The Balaban J connectivity index is 0.997. The molecule has 0 unspecified atom stereocenters. The summed E-state index contributed by atoms with van der Waals surface area (Å²) in [6, 6.07) is 12.8. The van der Waals surface area contributed by atoms with E-state index in [9.17, 15) is 41.1 Å². The Hall–Kier alpha value is -5.73. The topological polar surface area (TPSA) is 216 Å². The van der Waals surface area contributed by atoms with Gasteiger partial charge >= 0.3 is 5.97 Å². The monoisotopic (exact) mass is 1160 g/mol. The number of fused-ring (bicyclic) bond motifs is 2. The third-order valence-corrected chi connectivity index (χ3v) is 11.3. The van der Waals surface area contributed by atoms with Gasteiger partial charge in [0.2, 0.25) is 52.6 Å². The summed E-state index contributed by atoms with van der Waals surface area (Å²) in [5.74, 6) is -11.0. The van der Waals surface area contributed by atoms with E-state index in [-0.39, 0.29) is 71.0 Å². The molecule has 3 aromatic rings. The fourth-order valence-corrected chi connectivity index (χ4v) is 7.12. The molecule has 0 saturated heterocycles. The Morgan fingerprint density at radius 3 is 1.36 bits per heavy atom. The molecule has 2 N–H and O–H groups in total. The lowest BCUT2D eigenvalue weighted by Crippen LogP contribution is -2.50.